The number of fused-ring (bicyclic) bond motifs is 1. The number of hydrogen-bond donors (Lipinski definition) is 2. The Labute approximate surface area is 84.8 Å². The van der Waals surface area contributed by atoms with E-state index in [9.17, 15) is 9.59 Å². The summed E-state index contributed by atoms with van der Waals surface area (Å²) in [5.41, 5.74) is 0.950. The number of aromatic carboxylic acids is 1. The van der Waals surface area contributed by atoms with Crippen LogP contribution in [0.1, 0.15) is 16.2 Å². The van der Waals surface area contributed by atoms with Crippen LogP contribution in [0.25, 0.3) is 0 Å². The lowest BCUT2D eigenvalue weighted by Gasteiger charge is -2.11. The quantitative estimate of drug-likeness (QED) is 0.712. The van der Waals surface area contributed by atoms with Crippen molar-refractivity contribution in [2.75, 3.05) is 11.4 Å². The van der Waals surface area contributed by atoms with E-state index in [1.807, 2.05) is 0 Å². The summed E-state index contributed by atoms with van der Waals surface area (Å²) >= 11 is 0. The van der Waals surface area contributed by atoms with Gasteiger partial charge in [-0.15, -0.1) is 0 Å². The zero-order valence-corrected chi connectivity index (χ0v) is 7.67. The van der Waals surface area contributed by atoms with Crippen LogP contribution in [0.3, 0.4) is 0 Å². The third-order valence-corrected chi connectivity index (χ3v) is 2.26. The van der Waals surface area contributed by atoms with Crippen LogP contribution in [-0.2, 0) is 6.42 Å². The number of aromatic nitrogens is 1. The molecule has 0 saturated heterocycles. The summed E-state index contributed by atoms with van der Waals surface area (Å²) in [4.78, 5) is 26.4. The van der Waals surface area contributed by atoms with E-state index in [1.165, 1.54) is 12.1 Å². The van der Waals surface area contributed by atoms with E-state index in [-0.39, 0.29) is 5.69 Å². The molecule has 0 atom stereocenters. The Hall–Kier alpha value is -2.11. The van der Waals surface area contributed by atoms with Gasteiger partial charge in [-0.1, -0.05) is 0 Å². The van der Waals surface area contributed by atoms with E-state index in [2.05, 4.69) is 4.98 Å². The first-order valence-electron chi connectivity index (χ1n) is 4.33. The summed E-state index contributed by atoms with van der Waals surface area (Å²) in [6.45, 7) is 0.334. The molecule has 2 rings (SSSR count). The van der Waals surface area contributed by atoms with Gasteiger partial charge in [0.15, 0.2) is 0 Å². The van der Waals surface area contributed by atoms with Crippen molar-refractivity contribution in [1.82, 2.24) is 4.98 Å². The van der Waals surface area contributed by atoms with E-state index in [0.717, 1.165) is 4.90 Å². The smallest absolute Gasteiger partial charge is 0.411 e. The minimum Gasteiger partial charge on any atom is -0.477 e. The predicted octanol–water partition coefficient (Wildman–Crippen LogP) is 0.820. The van der Waals surface area contributed by atoms with Crippen molar-refractivity contribution in [1.29, 1.82) is 0 Å². The zero-order valence-electron chi connectivity index (χ0n) is 7.67. The molecule has 78 valence electrons. The number of amides is 1. The molecule has 1 aliphatic rings. The Balaban J connectivity index is 2.42. The number of carbonyl (C=O) groups is 2. The van der Waals surface area contributed by atoms with Crippen molar-refractivity contribution in [2.45, 2.75) is 6.42 Å². The van der Waals surface area contributed by atoms with Gasteiger partial charge in [0.05, 0.1) is 11.4 Å². The Bertz CT molecular complexity index is 444. The van der Waals surface area contributed by atoms with Gasteiger partial charge in [0.25, 0.3) is 0 Å². The third kappa shape index (κ3) is 1.50. The molecule has 0 unspecified atom stereocenters. The SMILES string of the molecule is O=C(O)c1ccc2c(n1)CCN2C(=O)O. The Morgan fingerprint density at radius 1 is 1.33 bits per heavy atom. The number of carboxylic acids is 1. The second-order valence-electron chi connectivity index (χ2n) is 3.15. The number of rotatable bonds is 1. The summed E-state index contributed by atoms with van der Waals surface area (Å²) in [5, 5.41) is 17.5. The molecule has 2 N–H and O–H groups in total. The molecule has 1 amide bonds. The fourth-order valence-corrected chi connectivity index (χ4v) is 1.58. The van der Waals surface area contributed by atoms with Crippen LogP contribution in [0.5, 0.6) is 0 Å². The Morgan fingerprint density at radius 3 is 2.67 bits per heavy atom. The second-order valence-corrected chi connectivity index (χ2v) is 3.15. The molecule has 1 aliphatic heterocycles. The fraction of sp³-hybridized carbons (Fsp3) is 0.222. The highest BCUT2D eigenvalue weighted by atomic mass is 16.4. The molecule has 1 aromatic rings. The number of carboxylic acid groups (broad SMARTS) is 2. The number of anilines is 1. The predicted molar refractivity (Wildman–Crippen MR) is 50.3 cm³/mol. The lowest BCUT2D eigenvalue weighted by Crippen LogP contribution is -2.26. The molecule has 0 bridgehead atoms. The Kier molecular flexibility index (Phi) is 2.03. The van der Waals surface area contributed by atoms with E-state index < -0.39 is 12.1 Å². The first-order chi connectivity index (χ1) is 7.09. The first kappa shape index (κ1) is 9.45. The van der Waals surface area contributed by atoms with Crippen LogP contribution in [0.2, 0.25) is 0 Å². The maximum absolute atomic E-state index is 10.8. The summed E-state index contributed by atoms with van der Waals surface area (Å²) in [6, 6.07) is 2.79. The first-order valence-corrected chi connectivity index (χ1v) is 4.33. The molecule has 2 heterocycles. The van der Waals surface area contributed by atoms with Crippen LogP contribution in [0, 0.1) is 0 Å². The highest BCUT2D eigenvalue weighted by Gasteiger charge is 2.26. The third-order valence-electron chi connectivity index (χ3n) is 2.26. The molecule has 0 radical (unpaired) electrons. The maximum Gasteiger partial charge on any atom is 0.411 e. The van der Waals surface area contributed by atoms with E-state index in [4.69, 9.17) is 10.2 Å². The van der Waals surface area contributed by atoms with Crippen molar-refractivity contribution in [3.05, 3.63) is 23.5 Å². The number of hydrogen-bond acceptors (Lipinski definition) is 3. The normalized spacial score (nSPS) is 13.7. The average molecular weight is 208 g/mol. The maximum atomic E-state index is 10.8. The monoisotopic (exact) mass is 208 g/mol. The summed E-state index contributed by atoms with van der Waals surface area (Å²) in [7, 11) is 0. The van der Waals surface area contributed by atoms with Gasteiger partial charge < -0.3 is 10.2 Å². The van der Waals surface area contributed by atoms with Gasteiger partial charge >= 0.3 is 12.1 Å². The van der Waals surface area contributed by atoms with Gasteiger partial charge in [-0.2, -0.15) is 0 Å². The molecule has 0 spiro atoms. The lowest BCUT2D eigenvalue weighted by atomic mass is 10.2. The van der Waals surface area contributed by atoms with Crippen molar-refractivity contribution in [3.8, 4) is 0 Å². The van der Waals surface area contributed by atoms with E-state index >= 15 is 0 Å². The summed E-state index contributed by atoms with van der Waals surface area (Å²) in [5.74, 6) is -1.11. The molecule has 15 heavy (non-hydrogen) atoms. The van der Waals surface area contributed by atoms with Crippen LogP contribution >= 0.6 is 0 Å². The largest absolute Gasteiger partial charge is 0.477 e. The molecule has 1 aromatic heterocycles. The minimum atomic E-state index is -1.11. The highest BCUT2D eigenvalue weighted by molar-refractivity contribution is 5.90. The lowest BCUT2D eigenvalue weighted by molar-refractivity contribution is 0.0690. The number of nitrogens with zero attached hydrogens (tertiary/aromatic N) is 2. The second kappa shape index (κ2) is 3.23. The molecule has 0 saturated carbocycles. The van der Waals surface area contributed by atoms with Crippen LogP contribution in [0.15, 0.2) is 12.1 Å². The van der Waals surface area contributed by atoms with Gasteiger partial charge in [0.2, 0.25) is 0 Å². The van der Waals surface area contributed by atoms with Crippen molar-refractivity contribution < 1.29 is 19.8 Å². The van der Waals surface area contributed by atoms with Crippen LogP contribution < -0.4 is 4.90 Å². The molecule has 0 aromatic carbocycles. The van der Waals surface area contributed by atoms with Gasteiger partial charge in [0.1, 0.15) is 5.69 Å². The standard InChI is InChI=1S/C9H8N2O4/c12-8(13)6-1-2-7-5(10-6)3-4-11(7)9(14)15/h1-2H,3-4H2,(H,12,13)(H,14,15). The molecule has 0 fully saturated rings. The summed E-state index contributed by atoms with van der Waals surface area (Å²) in [6.07, 6.45) is -0.582. The van der Waals surface area contributed by atoms with Gasteiger partial charge in [-0.3, -0.25) is 4.90 Å². The molecule has 6 nitrogen and oxygen atoms in total. The van der Waals surface area contributed by atoms with Crippen LogP contribution in [0.4, 0.5) is 10.5 Å². The summed E-state index contributed by atoms with van der Waals surface area (Å²) < 4.78 is 0. The Morgan fingerprint density at radius 2 is 2.07 bits per heavy atom. The average Bonchev–Trinajstić information content (AvgIpc) is 2.59. The van der Waals surface area contributed by atoms with E-state index in [0.29, 0.717) is 24.3 Å². The van der Waals surface area contributed by atoms with Gasteiger partial charge in [0, 0.05) is 13.0 Å². The molecular weight excluding hydrogens is 200 g/mol. The minimum absolute atomic E-state index is 0.0546. The topological polar surface area (TPSA) is 90.7 Å². The van der Waals surface area contributed by atoms with Crippen LogP contribution in [-0.4, -0.2) is 33.8 Å². The van der Waals surface area contributed by atoms with Crippen molar-refractivity contribution in [3.63, 3.8) is 0 Å². The molecule has 6 heteroatoms. The molecular formula is C9H8N2O4. The fourth-order valence-electron chi connectivity index (χ4n) is 1.58. The van der Waals surface area contributed by atoms with E-state index in [1.54, 1.807) is 0 Å². The van der Waals surface area contributed by atoms with Gasteiger partial charge in [-0.05, 0) is 12.1 Å². The number of pyridine rings is 1. The van der Waals surface area contributed by atoms with Gasteiger partial charge in [-0.25, -0.2) is 14.6 Å². The zero-order chi connectivity index (χ0) is 11.0. The highest BCUT2D eigenvalue weighted by Crippen LogP contribution is 2.26. The van der Waals surface area contributed by atoms with Crippen molar-refractivity contribution >= 4 is 17.7 Å². The van der Waals surface area contributed by atoms with Crippen molar-refractivity contribution in [2.24, 2.45) is 0 Å². The molecule has 0 aliphatic carbocycles.